The number of sulfonamides is 1. The Balaban J connectivity index is 2.80. The van der Waals surface area contributed by atoms with Crippen molar-refractivity contribution in [3.05, 3.63) is 27.8 Å². The summed E-state index contributed by atoms with van der Waals surface area (Å²) in [5.74, 6) is 0. The number of hydrogen-bond donors (Lipinski definition) is 2. The molecule has 0 bridgehead atoms. The lowest BCUT2D eigenvalue weighted by atomic mass is 10.3. The van der Waals surface area contributed by atoms with Crippen molar-refractivity contribution in [3.63, 3.8) is 0 Å². The van der Waals surface area contributed by atoms with Gasteiger partial charge in [0.05, 0.1) is 5.25 Å². The zero-order valence-corrected chi connectivity index (χ0v) is 12.2. The molecular weight excluding hydrogens is 339 g/mol. The van der Waals surface area contributed by atoms with Crippen molar-refractivity contribution < 1.29 is 8.42 Å². The normalized spacial score (nSPS) is 13.4. The highest BCUT2D eigenvalue weighted by Crippen LogP contribution is 2.15. The number of hydrogen-bond acceptors (Lipinski definition) is 3. The topological polar surface area (TPSA) is 58.2 Å². The van der Waals surface area contributed by atoms with Crippen molar-refractivity contribution in [3.8, 4) is 0 Å². The van der Waals surface area contributed by atoms with Gasteiger partial charge in [-0.1, -0.05) is 6.07 Å². The first-order valence-electron chi connectivity index (χ1n) is 4.87. The van der Waals surface area contributed by atoms with Crippen LogP contribution in [0.1, 0.15) is 6.92 Å². The number of benzene rings is 1. The van der Waals surface area contributed by atoms with Gasteiger partial charge in [0.1, 0.15) is 0 Å². The van der Waals surface area contributed by atoms with Crippen molar-refractivity contribution in [2.24, 2.45) is 0 Å². The van der Waals surface area contributed by atoms with E-state index in [1.807, 2.05) is 12.1 Å². The summed E-state index contributed by atoms with van der Waals surface area (Å²) < 4.78 is 27.3. The summed E-state index contributed by atoms with van der Waals surface area (Å²) in [4.78, 5) is 0. The second-order valence-corrected chi connectivity index (χ2v) is 6.87. The molecule has 0 radical (unpaired) electrons. The summed E-state index contributed by atoms with van der Waals surface area (Å²) in [6.45, 7) is 2.10. The van der Waals surface area contributed by atoms with E-state index in [1.165, 1.54) is 0 Å². The average molecular weight is 354 g/mol. The Hall–Kier alpha value is -0.340. The Morgan fingerprint density at radius 1 is 1.44 bits per heavy atom. The molecule has 0 spiro atoms. The van der Waals surface area contributed by atoms with Crippen LogP contribution in [0.3, 0.4) is 0 Å². The van der Waals surface area contributed by atoms with E-state index in [4.69, 9.17) is 0 Å². The molecule has 6 heteroatoms. The van der Waals surface area contributed by atoms with Gasteiger partial charge in [-0.25, -0.2) is 8.42 Å². The predicted octanol–water partition coefficient (Wildman–Crippen LogP) is 1.64. The lowest BCUT2D eigenvalue weighted by Crippen LogP contribution is -2.33. The van der Waals surface area contributed by atoms with Gasteiger partial charge in [0, 0.05) is 15.8 Å². The zero-order valence-electron chi connectivity index (χ0n) is 9.20. The van der Waals surface area contributed by atoms with E-state index in [1.54, 1.807) is 26.1 Å². The van der Waals surface area contributed by atoms with E-state index in [9.17, 15) is 8.42 Å². The quantitative estimate of drug-likeness (QED) is 0.791. The Bertz CT molecular complexity index is 448. The third-order valence-electron chi connectivity index (χ3n) is 2.11. The number of anilines is 1. The lowest BCUT2D eigenvalue weighted by Gasteiger charge is -2.14. The SMILES string of the molecule is CNCC(C)S(=O)(=O)Nc1cccc(I)c1. The Labute approximate surface area is 110 Å². The molecule has 1 aromatic carbocycles. The van der Waals surface area contributed by atoms with Gasteiger partial charge >= 0.3 is 0 Å². The zero-order chi connectivity index (χ0) is 12.2. The van der Waals surface area contributed by atoms with Crippen LogP contribution in [-0.2, 0) is 10.0 Å². The molecule has 4 nitrogen and oxygen atoms in total. The maximum Gasteiger partial charge on any atom is 0.236 e. The standard InChI is InChI=1S/C10H15IN2O2S/c1-8(7-12-2)16(14,15)13-10-5-3-4-9(11)6-10/h3-6,8,12-13H,7H2,1-2H3. The van der Waals surface area contributed by atoms with Gasteiger partial charge in [0.2, 0.25) is 10.0 Å². The number of nitrogens with one attached hydrogen (secondary N) is 2. The Kier molecular flexibility index (Phi) is 5.00. The number of rotatable bonds is 5. The molecule has 0 heterocycles. The molecule has 0 saturated carbocycles. The second-order valence-electron chi connectivity index (χ2n) is 3.53. The second kappa shape index (κ2) is 5.83. The molecule has 1 atom stereocenters. The van der Waals surface area contributed by atoms with E-state index in [-0.39, 0.29) is 0 Å². The highest BCUT2D eigenvalue weighted by molar-refractivity contribution is 14.1. The van der Waals surface area contributed by atoms with Gasteiger partial charge in [0.15, 0.2) is 0 Å². The van der Waals surface area contributed by atoms with E-state index in [0.29, 0.717) is 12.2 Å². The minimum absolute atomic E-state index is 0.430. The Morgan fingerprint density at radius 3 is 2.69 bits per heavy atom. The van der Waals surface area contributed by atoms with Crippen molar-refractivity contribution in [2.45, 2.75) is 12.2 Å². The number of halogens is 1. The van der Waals surface area contributed by atoms with Crippen LogP contribution < -0.4 is 10.0 Å². The van der Waals surface area contributed by atoms with Crippen LogP contribution in [-0.4, -0.2) is 27.3 Å². The predicted molar refractivity (Wildman–Crippen MR) is 75.1 cm³/mol. The third kappa shape index (κ3) is 3.91. The van der Waals surface area contributed by atoms with E-state index in [2.05, 4.69) is 32.6 Å². The minimum atomic E-state index is -3.31. The van der Waals surface area contributed by atoms with Gasteiger partial charge < -0.3 is 5.32 Å². The van der Waals surface area contributed by atoms with Crippen LogP contribution in [0, 0.1) is 3.57 Å². The molecule has 1 aromatic rings. The minimum Gasteiger partial charge on any atom is -0.318 e. The fraction of sp³-hybridized carbons (Fsp3) is 0.400. The molecule has 0 fully saturated rings. The molecule has 0 amide bonds. The van der Waals surface area contributed by atoms with E-state index >= 15 is 0 Å². The molecule has 0 aromatic heterocycles. The smallest absolute Gasteiger partial charge is 0.236 e. The van der Waals surface area contributed by atoms with Crippen LogP contribution in [0.2, 0.25) is 0 Å². The average Bonchev–Trinajstić information content (AvgIpc) is 2.17. The van der Waals surface area contributed by atoms with Crippen LogP contribution >= 0.6 is 22.6 Å². The monoisotopic (exact) mass is 354 g/mol. The summed E-state index contributed by atoms with van der Waals surface area (Å²) in [6, 6.07) is 7.27. The molecule has 0 aliphatic carbocycles. The summed E-state index contributed by atoms with van der Waals surface area (Å²) in [7, 11) is -1.57. The lowest BCUT2D eigenvalue weighted by molar-refractivity contribution is 0.584. The molecule has 1 rings (SSSR count). The third-order valence-corrected chi connectivity index (χ3v) is 4.52. The highest BCUT2D eigenvalue weighted by Gasteiger charge is 2.19. The summed E-state index contributed by atoms with van der Waals surface area (Å²) in [5.41, 5.74) is 0.606. The molecule has 0 aliphatic heterocycles. The first-order chi connectivity index (χ1) is 7.45. The maximum absolute atomic E-state index is 11.8. The van der Waals surface area contributed by atoms with E-state index < -0.39 is 15.3 Å². The molecule has 16 heavy (non-hydrogen) atoms. The molecule has 2 N–H and O–H groups in total. The molecule has 0 saturated heterocycles. The summed E-state index contributed by atoms with van der Waals surface area (Å²) in [5, 5.41) is 2.39. The summed E-state index contributed by atoms with van der Waals surface area (Å²) in [6.07, 6.45) is 0. The molecular formula is C10H15IN2O2S. The van der Waals surface area contributed by atoms with Crippen molar-refractivity contribution in [1.29, 1.82) is 0 Å². The largest absolute Gasteiger partial charge is 0.318 e. The van der Waals surface area contributed by atoms with Crippen LogP contribution in [0.15, 0.2) is 24.3 Å². The van der Waals surface area contributed by atoms with Crippen molar-refractivity contribution in [1.82, 2.24) is 5.32 Å². The fourth-order valence-corrected chi connectivity index (χ4v) is 2.80. The van der Waals surface area contributed by atoms with Crippen molar-refractivity contribution >= 4 is 38.3 Å². The van der Waals surface area contributed by atoms with Crippen LogP contribution in [0.5, 0.6) is 0 Å². The molecule has 0 aliphatic rings. The van der Waals surface area contributed by atoms with Gasteiger partial charge in [-0.15, -0.1) is 0 Å². The molecule has 90 valence electrons. The highest BCUT2D eigenvalue weighted by atomic mass is 127. The van der Waals surface area contributed by atoms with Crippen LogP contribution in [0.4, 0.5) is 5.69 Å². The molecule has 1 unspecified atom stereocenters. The Morgan fingerprint density at radius 2 is 2.12 bits per heavy atom. The summed E-state index contributed by atoms with van der Waals surface area (Å²) >= 11 is 2.14. The fourth-order valence-electron chi connectivity index (χ4n) is 1.21. The van der Waals surface area contributed by atoms with Gasteiger partial charge in [-0.05, 0) is 54.8 Å². The van der Waals surface area contributed by atoms with Gasteiger partial charge in [0.25, 0.3) is 0 Å². The first kappa shape index (κ1) is 13.7. The van der Waals surface area contributed by atoms with Crippen LogP contribution in [0.25, 0.3) is 0 Å². The van der Waals surface area contributed by atoms with Crippen molar-refractivity contribution in [2.75, 3.05) is 18.3 Å². The van der Waals surface area contributed by atoms with E-state index in [0.717, 1.165) is 3.57 Å². The van der Waals surface area contributed by atoms with Gasteiger partial charge in [-0.3, -0.25) is 4.72 Å². The van der Waals surface area contributed by atoms with Gasteiger partial charge in [-0.2, -0.15) is 0 Å². The maximum atomic E-state index is 11.8. The first-order valence-corrected chi connectivity index (χ1v) is 7.50.